The lowest BCUT2D eigenvalue weighted by atomic mass is 10.2. The zero-order valence-corrected chi connectivity index (χ0v) is 10.7. The highest BCUT2D eigenvalue weighted by Crippen LogP contribution is 2.10. The molecule has 1 aliphatic heterocycles. The minimum Gasteiger partial charge on any atom is -0.481 e. The van der Waals surface area contributed by atoms with Gasteiger partial charge < -0.3 is 10.0 Å². The molecule has 0 radical (unpaired) electrons. The molecule has 0 aromatic rings. The zero-order chi connectivity index (χ0) is 12.4. The van der Waals surface area contributed by atoms with Crippen LogP contribution in [0.25, 0.3) is 0 Å². The molecule has 1 aliphatic rings. The average Bonchev–Trinajstić information content (AvgIpc) is 2.46. The van der Waals surface area contributed by atoms with Gasteiger partial charge in [-0.25, -0.2) is 0 Å². The molecule has 1 heterocycles. The Kier molecular flexibility index (Phi) is 9.09. The maximum absolute atomic E-state index is 10.7. The molecule has 0 aromatic heterocycles. The van der Waals surface area contributed by atoms with Crippen LogP contribution in [0.3, 0.4) is 0 Å². The molecule has 1 amide bonds. The van der Waals surface area contributed by atoms with Crippen LogP contribution in [0.4, 0.5) is 4.79 Å². The number of thiol groups is 1. The van der Waals surface area contributed by atoms with E-state index in [0.717, 1.165) is 32.4 Å². The minimum absolute atomic E-state index is 0.0677. The van der Waals surface area contributed by atoms with Crippen molar-refractivity contribution in [2.75, 3.05) is 13.1 Å². The van der Waals surface area contributed by atoms with Gasteiger partial charge in [-0.05, 0) is 19.3 Å². The van der Waals surface area contributed by atoms with E-state index in [2.05, 4.69) is 12.6 Å². The lowest BCUT2D eigenvalue weighted by molar-refractivity contribution is -0.137. The predicted octanol–water partition coefficient (Wildman–Crippen LogP) is 2.78. The van der Waals surface area contributed by atoms with Gasteiger partial charge in [0, 0.05) is 19.5 Å². The van der Waals surface area contributed by atoms with Gasteiger partial charge in [0.05, 0.1) is 0 Å². The van der Waals surface area contributed by atoms with Gasteiger partial charge >= 0.3 is 5.97 Å². The Bertz CT molecular complexity index is 213. The second kappa shape index (κ2) is 9.51. The van der Waals surface area contributed by atoms with Crippen LogP contribution in [0.15, 0.2) is 0 Å². The number of carboxylic acids is 1. The normalized spacial score (nSPS) is 15.8. The topological polar surface area (TPSA) is 57.6 Å². The summed E-state index contributed by atoms with van der Waals surface area (Å²) in [6.45, 7) is 3.65. The molecule has 5 heteroatoms. The van der Waals surface area contributed by atoms with Crippen molar-refractivity contribution in [1.29, 1.82) is 0 Å². The summed E-state index contributed by atoms with van der Waals surface area (Å²) < 4.78 is 0. The zero-order valence-electron chi connectivity index (χ0n) is 9.81. The lowest BCUT2D eigenvalue weighted by Crippen LogP contribution is -2.26. The Hall–Kier alpha value is -0.710. The summed E-state index contributed by atoms with van der Waals surface area (Å²) >= 11 is 3.78. The van der Waals surface area contributed by atoms with E-state index in [1.54, 1.807) is 0 Å². The first-order valence-electron chi connectivity index (χ1n) is 5.77. The van der Waals surface area contributed by atoms with Crippen molar-refractivity contribution in [1.82, 2.24) is 4.90 Å². The molecule has 0 unspecified atom stereocenters. The molecule has 1 fully saturated rings. The number of rotatable bonds is 2. The largest absolute Gasteiger partial charge is 0.481 e. The molecule has 4 nitrogen and oxygen atoms in total. The average molecular weight is 247 g/mol. The highest BCUT2D eigenvalue weighted by molar-refractivity contribution is 7.96. The molecule has 16 heavy (non-hydrogen) atoms. The second-order valence-electron chi connectivity index (χ2n) is 3.83. The Balaban J connectivity index is 0.000000325. The molecule has 0 aliphatic carbocycles. The summed E-state index contributed by atoms with van der Waals surface area (Å²) in [5, 5.41) is 7.85. The van der Waals surface area contributed by atoms with E-state index >= 15 is 0 Å². The number of hydrogen-bond donors (Lipinski definition) is 2. The highest BCUT2D eigenvalue weighted by atomic mass is 32.1. The summed E-state index contributed by atoms with van der Waals surface area (Å²) in [5.41, 5.74) is 0. The summed E-state index contributed by atoms with van der Waals surface area (Å²) in [6.07, 6.45) is 5.84. The van der Waals surface area contributed by atoms with Crippen molar-refractivity contribution in [2.45, 2.75) is 45.4 Å². The third-order valence-corrected chi connectivity index (χ3v) is 2.62. The van der Waals surface area contributed by atoms with E-state index in [4.69, 9.17) is 5.11 Å². The van der Waals surface area contributed by atoms with Crippen LogP contribution < -0.4 is 0 Å². The van der Waals surface area contributed by atoms with Gasteiger partial charge in [0.1, 0.15) is 0 Å². The van der Waals surface area contributed by atoms with Crippen LogP contribution in [0.1, 0.15) is 45.4 Å². The summed E-state index contributed by atoms with van der Waals surface area (Å²) in [4.78, 5) is 22.2. The molecule has 0 spiro atoms. The molecule has 1 saturated heterocycles. The molecule has 0 bridgehead atoms. The Labute approximate surface area is 102 Å². The first-order chi connectivity index (χ1) is 7.57. The smallest absolute Gasteiger partial charge is 0.303 e. The van der Waals surface area contributed by atoms with E-state index in [9.17, 15) is 9.59 Å². The standard InChI is InChI=1S/C7H13NOS.C4H8O2/c9-7(10)8-5-3-1-2-4-6-8;1-2-3-4(5)6/h1-6H2,(H,9,10);2-3H2,1H3,(H,5,6). The Morgan fingerprint density at radius 2 is 1.69 bits per heavy atom. The second-order valence-corrected chi connectivity index (χ2v) is 4.21. The van der Waals surface area contributed by atoms with Crippen molar-refractivity contribution in [3.63, 3.8) is 0 Å². The Morgan fingerprint density at radius 1 is 1.19 bits per heavy atom. The van der Waals surface area contributed by atoms with Gasteiger partial charge in [-0.3, -0.25) is 9.59 Å². The number of aliphatic carboxylic acids is 1. The maximum atomic E-state index is 10.7. The van der Waals surface area contributed by atoms with Gasteiger partial charge in [0.15, 0.2) is 0 Å². The SMILES string of the molecule is CCCC(=O)O.O=C(S)N1CCCCCC1. The molecule has 1 rings (SSSR count). The van der Waals surface area contributed by atoms with Crippen LogP contribution in [0.5, 0.6) is 0 Å². The van der Waals surface area contributed by atoms with Crippen LogP contribution >= 0.6 is 12.6 Å². The van der Waals surface area contributed by atoms with Gasteiger partial charge in [0.25, 0.3) is 5.24 Å². The number of carbonyl (C=O) groups excluding carboxylic acids is 1. The quantitative estimate of drug-likeness (QED) is 0.738. The van der Waals surface area contributed by atoms with E-state index in [-0.39, 0.29) is 5.24 Å². The third-order valence-electron chi connectivity index (χ3n) is 2.34. The van der Waals surface area contributed by atoms with Crippen molar-refractivity contribution in [3.8, 4) is 0 Å². The number of carboxylic acid groups (broad SMARTS) is 1. The van der Waals surface area contributed by atoms with Crippen LogP contribution in [0, 0.1) is 0 Å². The van der Waals surface area contributed by atoms with Crippen molar-refractivity contribution >= 4 is 23.8 Å². The highest BCUT2D eigenvalue weighted by Gasteiger charge is 2.10. The number of likely N-dealkylation sites (tertiary alicyclic amines) is 1. The first kappa shape index (κ1) is 15.3. The summed E-state index contributed by atoms with van der Waals surface area (Å²) in [5.74, 6) is -0.711. The molecular weight excluding hydrogens is 226 g/mol. The van der Waals surface area contributed by atoms with Crippen molar-refractivity contribution in [3.05, 3.63) is 0 Å². The van der Waals surface area contributed by atoms with E-state index in [0.29, 0.717) is 6.42 Å². The fourth-order valence-corrected chi connectivity index (χ4v) is 1.68. The minimum atomic E-state index is -0.711. The molecule has 1 N–H and O–H groups in total. The van der Waals surface area contributed by atoms with Crippen molar-refractivity contribution in [2.24, 2.45) is 0 Å². The monoisotopic (exact) mass is 247 g/mol. The number of amides is 1. The fourth-order valence-electron chi connectivity index (χ4n) is 1.48. The molecular formula is C11H21NO3S. The van der Waals surface area contributed by atoms with Gasteiger partial charge in [-0.2, -0.15) is 0 Å². The molecule has 0 saturated carbocycles. The van der Waals surface area contributed by atoms with Gasteiger partial charge in [-0.15, -0.1) is 0 Å². The first-order valence-corrected chi connectivity index (χ1v) is 6.22. The van der Waals surface area contributed by atoms with Gasteiger partial charge in [-0.1, -0.05) is 32.4 Å². The van der Waals surface area contributed by atoms with Crippen LogP contribution in [-0.2, 0) is 4.79 Å². The predicted molar refractivity (Wildman–Crippen MR) is 67.0 cm³/mol. The van der Waals surface area contributed by atoms with Crippen molar-refractivity contribution < 1.29 is 14.7 Å². The summed E-state index contributed by atoms with van der Waals surface area (Å²) in [6, 6.07) is 0. The van der Waals surface area contributed by atoms with E-state index in [1.807, 2.05) is 11.8 Å². The fraction of sp³-hybridized carbons (Fsp3) is 0.818. The number of carbonyl (C=O) groups is 2. The Morgan fingerprint density at radius 3 is 1.94 bits per heavy atom. The van der Waals surface area contributed by atoms with Crippen LogP contribution in [-0.4, -0.2) is 34.3 Å². The molecule has 94 valence electrons. The molecule has 0 aromatic carbocycles. The lowest BCUT2D eigenvalue weighted by Gasteiger charge is -2.16. The number of nitrogens with zero attached hydrogens (tertiary/aromatic N) is 1. The maximum Gasteiger partial charge on any atom is 0.303 e. The van der Waals surface area contributed by atoms with E-state index in [1.165, 1.54) is 12.8 Å². The molecule has 0 atom stereocenters. The van der Waals surface area contributed by atoms with Gasteiger partial charge in [0.2, 0.25) is 0 Å². The third kappa shape index (κ3) is 8.59. The van der Waals surface area contributed by atoms with Crippen LogP contribution in [0.2, 0.25) is 0 Å². The number of hydrogen-bond acceptors (Lipinski definition) is 2. The van der Waals surface area contributed by atoms with E-state index < -0.39 is 5.97 Å². The summed E-state index contributed by atoms with van der Waals surface area (Å²) in [7, 11) is 0.